The van der Waals surface area contributed by atoms with Gasteiger partial charge in [0.25, 0.3) is 0 Å². The smallest absolute Gasteiger partial charge is 0.233 e. The van der Waals surface area contributed by atoms with Crippen LogP contribution in [0.25, 0.3) is 10.8 Å². The first kappa shape index (κ1) is 13.0. The van der Waals surface area contributed by atoms with Crippen LogP contribution < -0.4 is 16.0 Å². The van der Waals surface area contributed by atoms with Crippen molar-refractivity contribution in [2.45, 2.75) is 0 Å². The first-order chi connectivity index (χ1) is 10.1. The van der Waals surface area contributed by atoms with Gasteiger partial charge < -0.3 is 16.0 Å². The molecule has 0 aliphatic carbocycles. The van der Waals surface area contributed by atoms with Crippen molar-refractivity contribution in [3.05, 3.63) is 36.7 Å². The number of rotatable bonds is 3. The summed E-state index contributed by atoms with van der Waals surface area (Å²) in [6.45, 7) is 0. The summed E-state index contributed by atoms with van der Waals surface area (Å²) < 4.78 is 0. The average molecular weight is 281 g/mol. The highest BCUT2D eigenvalue weighted by molar-refractivity contribution is 5.94. The number of benzene rings is 1. The van der Waals surface area contributed by atoms with Crippen molar-refractivity contribution in [1.29, 1.82) is 0 Å². The molecule has 3 N–H and O–H groups in total. The number of nitrogens with one attached hydrogen (secondary N) is 1. The molecular weight excluding hydrogens is 266 g/mol. The minimum atomic E-state index is 0.176. The first-order valence-corrected chi connectivity index (χ1v) is 6.42. The van der Waals surface area contributed by atoms with Crippen molar-refractivity contribution < 1.29 is 0 Å². The molecule has 0 amide bonds. The molecule has 0 atom stereocenters. The number of nitrogen functional groups attached to an aromatic ring is 1. The zero-order valence-electron chi connectivity index (χ0n) is 11.8. The fourth-order valence-electron chi connectivity index (χ4n) is 1.98. The maximum Gasteiger partial charge on any atom is 0.233 e. The number of aromatic nitrogens is 4. The van der Waals surface area contributed by atoms with Gasteiger partial charge in [0.05, 0.1) is 5.69 Å². The molecule has 7 heteroatoms. The Bertz CT molecular complexity index is 780. The van der Waals surface area contributed by atoms with Crippen LogP contribution in [0.15, 0.2) is 36.7 Å². The van der Waals surface area contributed by atoms with Gasteiger partial charge in [-0.2, -0.15) is 15.0 Å². The van der Waals surface area contributed by atoms with Crippen LogP contribution in [0.2, 0.25) is 0 Å². The van der Waals surface area contributed by atoms with E-state index in [1.807, 2.05) is 38.4 Å². The highest BCUT2D eigenvalue weighted by Gasteiger charge is 2.08. The van der Waals surface area contributed by atoms with Gasteiger partial charge in [-0.25, -0.2) is 0 Å². The molecule has 0 saturated heterocycles. The normalized spacial score (nSPS) is 10.6. The van der Waals surface area contributed by atoms with Crippen molar-refractivity contribution in [3.8, 4) is 0 Å². The van der Waals surface area contributed by atoms with E-state index in [1.165, 1.54) is 0 Å². The zero-order chi connectivity index (χ0) is 14.8. The van der Waals surface area contributed by atoms with Crippen molar-refractivity contribution in [1.82, 2.24) is 19.9 Å². The number of hydrogen-bond donors (Lipinski definition) is 2. The lowest BCUT2D eigenvalue weighted by molar-refractivity contribution is 0.970. The maximum atomic E-state index is 5.72. The van der Waals surface area contributed by atoms with Gasteiger partial charge in [-0.3, -0.25) is 4.98 Å². The standard InChI is InChI=1S/C14H15N7/c1-21(2)14-19-12(15)18-13(20-14)17-11-5-3-4-9-6-7-16-8-10(9)11/h3-8H,1-2H3,(H3,15,17,18,19,20). The number of fused-ring (bicyclic) bond motifs is 1. The molecule has 2 aromatic heterocycles. The Morgan fingerprint density at radius 1 is 1.10 bits per heavy atom. The number of anilines is 4. The summed E-state index contributed by atoms with van der Waals surface area (Å²) in [5.74, 6) is 1.08. The quantitative estimate of drug-likeness (QED) is 0.756. The number of nitrogens with zero attached hydrogens (tertiary/aromatic N) is 5. The molecular formula is C14H15N7. The van der Waals surface area contributed by atoms with E-state index in [2.05, 4.69) is 25.3 Å². The maximum absolute atomic E-state index is 5.72. The second kappa shape index (κ2) is 5.20. The SMILES string of the molecule is CN(C)c1nc(N)nc(Nc2cccc3ccncc23)n1. The Balaban J connectivity index is 2.03. The lowest BCUT2D eigenvalue weighted by Crippen LogP contribution is -2.15. The summed E-state index contributed by atoms with van der Waals surface area (Å²) in [5.41, 5.74) is 6.59. The third-order valence-electron chi connectivity index (χ3n) is 2.97. The molecule has 0 aliphatic rings. The van der Waals surface area contributed by atoms with Gasteiger partial charge in [-0.1, -0.05) is 12.1 Å². The molecule has 3 rings (SSSR count). The Morgan fingerprint density at radius 3 is 2.76 bits per heavy atom. The molecule has 0 radical (unpaired) electrons. The molecule has 7 nitrogen and oxygen atoms in total. The van der Waals surface area contributed by atoms with Crippen LogP contribution in [0.3, 0.4) is 0 Å². The predicted octanol–water partition coefficient (Wildman–Crippen LogP) is 1.81. The van der Waals surface area contributed by atoms with Gasteiger partial charge in [-0.15, -0.1) is 0 Å². The number of nitrogens with two attached hydrogens (primary N) is 1. The van der Waals surface area contributed by atoms with Crippen molar-refractivity contribution >= 4 is 34.3 Å². The summed E-state index contributed by atoms with van der Waals surface area (Å²) in [6.07, 6.45) is 3.56. The average Bonchev–Trinajstić information content (AvgIpc) is 2.47. The monoisotopic (exact) mass is 281 g/mol. The van der Waals surface area contributed by atoms with Crippen molar-refractivity contribution in [3.63, 3.8) is 0 Å². The van der Waals surface area contributed by atoms with Crippen molar-refractivity contribution in [2.24, 2.45) is 0 Å². The molecule has 106 valence electrons. The lowest BCUT2D eigenvalue weighted by atomic mass is 10.1. The summed E-state index contributed by atoms with van der Waals surface area (Å²) in [6, 6.07) is 7.88. The van der Waals surface area contributed by atoms with E-state index < -0.39 is 0 Å². The molecule has 0 bridgehead atoms. The molecule has 1 aromatic carbocycles. The number of hydrogen-bond acceptors (Lipinski definition) is 7. The van der Waals surface area contributed by atoms with E-state index >= 15 is 0 Å². The minimum Gasteiger partial charge on any atom is -0.368 e. The van der Waals surface area contributed by atoms with E-state index in [0.717, 1.165) is 16.5 Å². The van der Waals surface area contributed by atoms with Crippen LogP contribution in [0.4, 0.5) is 23.5 Å². The van der Waals surface area contributed by atoms with Crippen LogP contribution in [0, 0.1) is 0 Å². The van der Waals surface area contributed by atoms with Crippen molar-refractivity contribution in [2.75, 3.05) is 30.0 Å². The molecule has 0 saturated carbocycles. The second-order valence-corrected chi connectivity index (χ2v) is 4.74. The van der Waals surface area contributed by atoms with Gasteiger partial charge in [-0.05, 0) is 17.5 Å². The van der Waals surface area contributed by atoms with Crippen LogP contribution in [0.5, 0.6) is 0 Å². The fourth-order valence-corrected chi connectivity index (χ4v) is 1.98. The van der Waals surface area contributed by atoms with Gasteiger partial charge >= 0.3 is 0 Å². The lowest BCUT2D eigenvalue weighted by Gasteiger charge is -2.13. The molecule has 21 heavy (non-hydrogen) atoms. The van der Waals surface area contributed by atoms with E-state index in [0.29, 0.717) is 11.9 Å². The third kappa shape index (κ3) is 2.66. The summed E-state index contributed by atoms with van der Waals surface area (Å²) in [7, 11) is 3.70. The molecule has 0 unspecified atom stereocenters. The second-order valence-electron chi connectivity index (χ2n) is 4.74. The topological polar surface area (TPSA) is 92.9 Å². The van der Waals surface area contributed by atoms with Gasteiger partial charge in [0, 0.05) is 31.9 Å². The van der Waals surface area contributed by atoms with Gasteiger partial charge in [0.2, 0.25) is 17.8 Å². The predicted molar refractivity (Wildman–Crippen MR) is 83.6 cm³/mol. The van der Waals surface area contributed by atoms with Crippen LogP contribution in [0.1, 0.15) is 0 Å². The highest BCUT2D eigenvalue weighted by Crippen LogP contribution is 2.24. The first-order valence-electron chi connectivity index (χ1n) is 6.42. The van der Waals surface area contributed by atoms with E-state index in [9.17, 15) is 0 Å². The third-order valence-corrected chi connectivity index (χ3v) is 2.97. The highest BCUT2D eigenvalue weighted by atomic mass is 15.3. The van der Waals surface area contributed by atoms with Gasteiger partial charge in [0.15, 0.2) is 0 Å². The number of pyridine rings is 1. The molecule has 0 spiro atoms. The summed E-state index contributed by atoms with van der Waals surface area (Å²) in [5, 5.41) is 5.25. The minimum absolute atomic E-state index is 0.176. The molecule has 3 aromatic rings. The fraction of sp³-hybridized carbons (Fsp3) is 0.143. The van der Waals surface area contributed by atoms with E-state index in [4.69, 9.17) is 5.73 Å². The van der Waals surface area contributed by atoms with E-state index in [1.54, 1.807) is 17.3 Å². The summed E-state index contributed by atoms with van der Waals surface area (Å²) in [4.78, 5) is 18.4. The Labute approximate surface area is 121 Å². The van der Waals surface area contributed by atoms with E-state index in [-0.39, 0.29) is 5.95 Å². The molecule has 2 heterocycles. The Hall–Kier alpha value is -2.96. The zero-order valence-corrected chi connectivity index (χ0v) is 11.8. The summed E-state index contributed by atoms with van der Waals surface area (Å²) >= 11 is 0. The van der Waals surface area contributed by atoms with Crippen LogP contribution in [-0.4, -0.2) is 34.0 Å². The largest absolute Gasteiger partial charge is 0.368 e. The van der Waals surface area contributed by atoms with Crippen LogP contribution in [-0.2, 0) is 0 Å². The van der Waals surface area contributed by atoms with Crippen LogP contribution >= 0.6 is 0 Å². The Morgan fingerprint density at radius 2 is 1.95 bits per heavy atom. The molecule has 0 fully saturated rings. The Kier molecular flexibility index (Phi) is 3.23. The van der Waals surface area contributed by atoms with Gasteiger partial charge in [0.1, 0.15) is 0 Å². The molecule has 0 aliphatic heterocycles.